The zero-order chi connectivity index (χ0) is 16.5. The van der Waals surface area contributed by atoms with Gasteiger partial charge in [-0.1, -0.05) is 0 Å². The van der Waals surface area contributed by atoms with Gasteiger partial charge in [0.15, 0.2) is 5.69 Å². The summed E-state index contributed by atoms with van der Waals surface area (Å²) in [5, 5.41) is 0. The van der Waals surface area contributed by atoms with Gasteiger partial charge in [-0.2, -0.15) is 13.2 Å². The summed E-state index contributed by atoms with van der Waals surface area (Å²) in [5.74, 6) is -0.982. The van der Waals surface area contributed by atoms with Gasteiger partial charge in [-0.05, 0) is 32.6 Å². The van der Waals surface area contributed by atoms with Crippen LogP contribution < -0.4 is 5.56 Å². The van der Waals surface area contributed by atoms with Crippen LogP contribution in [0.15, 0.2) is 4.79 Å². The molecule has 1 saturated heterocycles. The third kappa shape index (κ3) is 3.86. The number of carbonyl (C=O) groups excluding carboxylic acids is 1. The van der Waals surface area contributed by atoms with E-state index in [1.807, 2.05) is 0 Å². The quantitative estimate of drug-likeness (QED) is 0.909. The molecule has 1 aliphatic heterocycles. The number of aryl methyl sites for hydroxylation is 2. The number of aromatic amines is 1. The molecule has 1 aromatic rings. The van der Waals surface area contributed by atoms with Crippen LogP contribution in [0.25, 0.3) is 0 Å². The van der Waals surface area contributed by atoms with Crippen molar-refractivity contribution < 1.29 is 18.0 Å². The number of alkyl halides is 3. The first-order chi connectivity index (χ1) is 10.2. The Kier molecular flexibility index (Phi) is 4.58. The van der Waals surface area contributed by atoms with Gasteiger partial charge in [-0.3, -0.25) is 9.59 Å². The maximum atomic E-state index is 12.4. The molecule has 8 heteroatoms. The number of nitrogens with zero attached hydrogens (tertiary/aromatic N) is 2. The second kappa shape index (κ2) is 6.10. The lowest BCUT2D eigenvalue weighted by atomic mass is 9.93. The third-order valence-corrected chi connectivity index (χ3v) is 3.96. The molecule has 2 rings (SSSR count). The molecule has 0 aliphatic carbocycles. The lowest BCUT2D eigenvalue weighted by Gasteiger charge is -2.32. The van der Waals surface area contributed by atoms with Crippen molar-refractivity contribution in [3.63, 3.8) is 0 Å². The number of rotatable bonds is 2. The number of amides is 1. The largest absolute Gasteiger partial charge is 0.389 e. The lowest BCUT2D eigenvalue weighted by molar-refractivity contribution is -0.147. The third-order valence-electron chi connectivity index (χ3n) is 3.96. The van der Waals surface area contributed by atoms with Gasteiger partial charge < -0.3 is 9.88 Å². The maximum absolute atomic E-state index is 12.4. The van der Waals surface area contributed by atoms with Crippen LogP contribution in [0.3, 0.4) is 0 Å². The van der Waals surface area contributed by atoms with E-state index in [0.717, 1.165) is 0 Å². The summed E-state index contributed by atoms with van der Waals surface area (Å²) < 4.78 is 37.1. The van der Waals surface area contributed by atoms with Gasteiger partial charge in [0.1, 0.15) is 0 Å². The number of aromatic nitrogens is 2. The number of hydrogen-bond acceptors (Lipinski definition) is 3. The minimum absolute atomic E-state index is 0.197. The van der Waals surface area contributed by atoms with Gasteiger partial charge in [0.25, 0.3) is 11.5 Å². The molecule has 5 nitrogen and oxygen atoms in total. The molecule has 1 fully saturated rings. The molecule has 122 valence electrons. The molecular weight excluding hydrogens is 299 g/mol. The molecule has 0 unspecified atom stereocenters. The summed E-state index contributed by atoms with van der Waals surface area (Å²) in [7, 11) is 0. The standard InChI is InChI=1S/C14H18F3N3O2/c1-8-9(2)19-12(21)11(18-8)13(22)20-5-3-10(4-6-20)7-14(15,16)17/h10H,3-7H2,1-2H3,(H,19,21). The van der Waals surface area contributed by atoms with Gasteiger partial charge in [0.2, 0.25) is 0 Å². The fraction of sp³-hybridized carbons (Fsp3) is 0.643. The Morgan fingerprint density at radius 2 is 1.91 bits per heavy atom. The fourth-order valence-corrected chi connectivity index (χ4v) is 2.58. The van der Waals surface area contributed by atoms with Crippen molar-refractivity contribution in [3.8, 4) is 0 Å². The molecule has 22 heavy (non-hydrogen) atoms. The molecule has 1 aromatic heterocycles. The van der Waals surface area contributed by atoms with Gasteiger partial charge >= 0.3 is 6.18 Å². The van der Waals surface area contributed by atoms with E-state index in [0.29, 0.717) is 11.4 Å². The number of likely N-dealkylation sites (tertiary alicyclic amines) is 1. The minimum atomic E-state index is -4.18. The Labute approximate surface area is 125 Å². The SMILES string of the molecule is Cc1nc(C(=O)N2CCC(CC(F)(F)F)CC2)c(=O)[nH]c1C. The van der Waals surface area contributed by atoms with E-state index < -0.39 is 30.0 Å². The molecule has 1 N–H and O–H groups in total. The summed E-state index contributed by atoms with van der Waals surface area (Å²) in [6, 6.07) is 0. The van der Waals surface area contributed by atoms with Crippen LogP contribution in [0, 0.1) is 19.8 Å². The molecule has 2 heterocycles. The predicted octanol–water partition coefficient (Wildman–Crippen LogP) is 2.19. The van der Waals surface area contributed by atoms with Crippen LogP contribution in [-0.4, -0.2) is 40.0 Å². The Morgan fingerprint density at radius 3 is 2.45 bits per heavy atom. The van der Waals surface area contributed by atoms with Crippen molar-refractivity contribution in [1.29, 1.82) is 0 Å². The molecular formula is C14H18F3N3O2. The van der Waals surface area contributed by atoms with Gasteiger partial charge in [-0.15, -0.1) is 0 Å². The van der Waals surface area contributed by atoms with E-state index >= 15 is 0 Å². The smallest absolute Gasteiger partial charge is 0.337 e. The number of piperidine rings is 1. The van der Waals surface area contributed by atoms with E-state index in [1.54, 1.807) is 13.8 Å². The van der Waals surface area contributed by atoms with Crippen molar-refractivity contribution in [3.05, 3.63) is 27.4 Å². The topological polar surface area (TPSA) is 66.1 Å². The van der Waals surface area contributed by atoms with Crippen molar-refractivity contribution in [1.82, 2.24) is 14.9 Å². The van der Waals surface area contributed by atoms with Crippen LogP contribution >= 0.6 is 0 Å². The highest BCUT2D eigenvalue weighted by molar-refractivity contribution is 5.92. The molecule has 0 radical (unpaired) electrons. The summed E-state index contributed by atoms with van der Waals surface area (Å²) in [5.41, 5.74) is 0.378. The van der Waals surface area contributed by atoms with Crippen LogP contribution in [0.4, 0.5) is 13.2 Å². The molecule has 0 atom stereocenters. The van der Waals surface area contributed by atoms with Crippen molar-refractivity contribution in [2.75, 3.05) is 13.1 Å². The van der Waals surface area contributed by atoms with E-state index in [2.05, 4.69) is 9.97 Å². The van der Waals surface area contributed by atoms with Crippen LogP contribution in [0.5, 0.6) is 0 Å². The maximum Gasteiger partial charge on any atom is 0.389 e. The minimum Gasteiger partial charge on any atom is -0.337 e. The van der Waals surface area contributed by atoms with Crippen LogP contribution in [0.1, 0.15) is 41.1 Å². The second-order valence-electron chi connectivity index (χ2n) is 5.68. The van der Waals surface area contributed by atoms with Crippen molar-refractivity contribution in [2.45, 2.75) is 39.3 Å². The molecule has 0 saturated carbocycles. The summed E-state index contributed by atoms with van der Waals surface area (Å²) in [6.07, 6.45) is -4.43. The number of nitrogens with one attached hydrogen (secondary N) is 1. The number of halogens is 3. The first kappa shape index (κ1) is 16.5. The van der Waals surface area contributed by atoms with Gasteiger partial charge in [-0.25, -0.2) is 4.98 Å². The number of carbonyl (C=O) groups is 1. The predicted molar refractivity (Wildman–Crippen MR) is 73.6 cm³/mol. The first-order valence-electron chi connectivity index (χ1n) is 7.11. The summed E-state index contributed by atoms with van der Waals surface area (Å²) in [6.45, 7) is 3.79. The summed E-state index contributed by atoms with van der Waals surface area (Å²) in [4.78, 5) is 32.1. The highest BCUT2D eigenvalue weighted by Crippen LogP contribution is 2.31. The Bertz CT molecular complexity index is 617. The highest BCUT2D eigenvalue weighted by Gasteiger charge is 2.34. The van der Waals surface area contributed by atoms with Crippen LogP contribution in [0.2, 0.25) is 0 Å². The average Bonchev–Trinajstić information content (AvgIpc) is 2.41. The molecule has 1 aliphatic rings. The van der Waals surface area contributed by atoms with Crippen molar-refractivity contribution >= 4 is 5.91 Å². The Morgan fingerprint density at radius 1 is 1.32 bits per heavy atom. The average molecular weight is 317 g/mol. The van der Waals surface area contributed by atoms with E-state index in [1.165, 1.54) is 4.90 Å². The molecule has 0 spiro atoms. The highest BCUT2D eigenvalue weighted by atomic mass is 19.4. The van der Waals surface area contributed by atoms with E-state index in [4.69, 9.17) is 0 Å². The van der Waals surface area contributed by atoms with E-state index in [-0.39, 0.29) is 31.6 Å². The Hall–Kier alpha value is -1.86. The van der Waals surface area contributed by atoms with Crippen molar-refractivity contribution in [2.24, 2.45) is 5.92 Å². The first-order valence-corrected chi connectivity index (χ1v) is 7.11. The number of H-pyrrole nitrogens is 1. The van der Waals surface area contributed by atoms with Gasteiger partial charge in [0.05, 0.1) is 5.69 Å². The molecule has 0 bridgehead atoms. The summed E-state index contributed by atoms with van der Waals surface area (Å²) >= 11 is 0. The fourth-order valence-electron chi connectivity index (χ4n) is 2.58. The monoisotopic (exact) mass is 317 g/mol. The Balaban J connectivity index is 2.04. The zero-order valence-electron chi connectivity index (χ0n) is 12.5. The normalized spacial score (nSPS) is 16.9. The zero-order valence-corrected chi connectivity index (χ0v) is 12.5. The van der Waals surface area contributed by atoms with Gasteiger partial charge in [0, 0.05) is 25.2 Å². The van der Waals surface area contributed by atoms with Crippen LogP contribution in [-0.2, 0) is 0 Å². The number of hydrogen-bond donors (Lipinski definition) is 1. The van der Waals surface area contributed by atoms with E-state index in [9.17, 15) is 22.8 Å². The molecule has 0 aromatic carbocycles. The second-order valence-corrected chi connectivity index (χ2v) is 5.68. The lowest BCUT2D eigenvalue weighted by Crippen LogP contribution is -2.42. The molecule has 1 amide bonds.